The summed E-state index contributed by atoms with van der Waals surface area (Å²) in [6.45, 7) is 1.66. The van der Waals surface area contributed by atoms with Gasteiger partial charge in [-0.15, -0.1) is 0 Å². The summed E-state index contributed by atoms with van der Waals surface area (Å²) < 4.78 is 0. The Kier molecular flexibility index (Phi) is 23.6. The highest BCUT2D eigenvalue weighted by Crippen LogP contribution is 2.15. The maximum absolute atomic E-state index is 11.4. The van der Waals surface area contributed by atoms with Gasteiger partial charge in [0, 0.05) is 6.42 Å². The first-order valence-electron chi connectivity index (χ1n) is 13.1. The predicted octanol–water partition coefficient (Wildman–Crippen LogP) is 7.22. The van der Waals surface area contributed by atoms with E-state index in [9.17, 15) is 9.59 Å². The van der Waals surface area contributed by atoms with Crippen molar-refractivity contribution in [2.24, 2.45) is 0 Å². The second kappa shape index (κ2) is 24.4. The van der Waals surface area contributed by atoms with Crippen molar-refractivity contribution in [3.8, 4) is 0 Å². The molecule has 0 bridgehead atoms. The van der Waals surface area contributed by atoms with Crippen molar-refractivity contribution in [3.63, 3.8) is 0 Å². The molecule has 0 saturated heterocycles. The zero-order valence-corrected chi connectivity index (χ0v) is 20.0. The molecule has 0 radical (unpaired) electrons. The minimum Gasteiger partial charge on any atom is -0.387 e. The van der Waals surface area contributed by atoms with Crippen LogP contribution in [-0.4, -0.2) is 23.5 Å². The first-order valence-corrected chi connectivity index (χ1v) is 13.1. The number of carbonyl (C=O) groups is 2. The van der Waals surface area contributed by atoms with E-state index in [4.69, 9.17) is 5.11 Å². The second-order valence-corrected chi connectivity index (χ2v) is 8.95. The zero-order chi connectivity index (χ0) is 22.1. The zero-order valence-electron chi connectivity index (χ0n) is 20.0. The third-order valence-corrected chi connectivity index (χ3v) is 5.93. The van der Waals surface area contributed by atoms with Crippen molar-refractivity contribution in [3.05, 3.63) is 0 Å². The minimum absolute atomic E-state index is 0.271. The number of aliphatic hydroxyl groups is 1. The fourth-order valence-corrected chi connectivity index (χ4v) is 3.98. The molecule has 4 nitrogen and oxygen atoms in total. The molecule has 0 heterocycles. The number of nitrogens with one attached hydrogen (secondary N) is 1. The third-order valence-electron chi connectivity index (χ3n) is 5.93. The van der Waals surface area contributed by atoms with E-state index in [0.29, 0.717) is 6.42 Å². The molecule has 30 heavy (non-hydrogen) atoms. The highest BCUT2D eigenvalue weighted by molar-refractivity contribution is 5.95. The van der Waals surface area contributed by atoms with Crippen LogP contribution in [0.4, 0.5) is 0 Å². The van der Waals surface area contributed by atoms with Gasteiger partial charge in [-0.1, -0.05) is 135 Å². The van der Waals surface area contributed by atoms with Crippen LogP contribution in [0.5, 0.6) is 0 Å². The molecule has 2 N–H and O–H groups in total. The molecular weight excluding hydrogens is 374 g/mol. The van der Waals surface area contributed by atoms with Crippen LogP contribution in [0.3, 0.4) is 0 Å². The van der Waals surface area contributed by atoms with Gasteiger partial charge in [-0.25, -0.2) is 0 Å². The number of hydrogen-bond donors (Lipinski definition) is 2. The molecular formula is C26H51NO3. The average molecular weight is 426 g/mol. The molecule has 0 spiro atoms. The van der Waals surface area contributed by atoms with Gasteiger partial charge in [-0.2, -0.15) is 0 Å². The van der Waals surface area contributed by atoms with Gasteiger partial charge < -0.3 is 5.11 Å². The van der Waals surface area contributed by atoms with Gasteiger partial charge in [0.1, 0.15) is 6.61 Å². The molecule has 178 valence electrons. The van der Waals surface area contributed by atoms with Gasteiger partial charge in [0.15, 0.2) is 0 Å². The number of rotatable bonds is 23. The van der Waals surface area contributed by atoms with Gasteiger partial charge in [-0.05, 0) is 6.42 Å². The van der Waals surface area contributed by atoms with Crippen molar-refractivity contribution in [1.29, 1.82) is 0 Å². The Balaban J connectivity index is 3.10. The Morgan fingerprint density at radius 3 is 1.10 bits per heavy atom. The number of imide groups is 1. The van der Waals surface area contributed by atoms with E-state index >= 15 is 0 Å². The summed E-state index contributed by atoms with van der Waals surface area (Å²) in [6.07, 6.45) is 28.6. The van der Waals surface area contributed by atoms with Crippen LogP contribution in [0.1, 0.15) is 148 Å². The van der Waals surface area contributed by atoms with E-state index in [1.54, 1.807) is 0 Å². The third kappa shape index (κ3) is 23.4. The summed E-state index contributed by atoms with van der Waals surface area (Å²) in [7, 11) is 0. The highest BCUT2D eigenvalue weighted by Gasteiger charge is 2.05. The van der Waals surface area contributed by atoms with E-state index in [1.807, 2.05) is 0 Å². The Bertz CT molecular complexity index is 384. The number of unbranched alkanes of at least 4 members (excludes halogenated alkanes) is 20. The fourth-order valence-electron chi connectivity index (χ4n) is 3.98. The van der Waals surface area contributed by atoms with E-state index in [1.165, 1.54) is 122 Å². The highest BCUT2D eigenvalue weighted by atomic mass is 16.3. The standard InChI is InChI=1S/C26H51NO3/c1-2-3-4-5-6-7-8-9-10-11-12-13-14-15-16-17-18-19-20-21-22-23-25(29)27-26(30)24-28/h28H,2-24H2,1H3,(H,27,29,30). The first-order chi connectivity index (χ1) is 14.7. The van der Waals surface area contributed by atoms with E-state index in [2.05, 4.69) is 12.2 Å². The van der Waals surface area contributed by atoms with Crippen LogP contribution in [-0.2, 0) is 9.59 Å². The van der Waals surface area contributed by atoms with Crippen LogP contribution in [0.15, 0.2) is 0 Å². The number of hydrogen-bond acceptors (Lipinski definition) is 3. The van der Waals surface area contributed by atoms with Crippen LogP contribution >= 0.6 is 0 Å². The smallest absolute Gasteiger partial charge is 0.252 e. The molecule has 0 aromatic carbocycles. The molecule has 0 aliphatic rings. The molecule has 0 aromatic rings. The Hall–Kier alpha value is -0.900. The molecule has 4 heteroatoms. The molecule has 0 aliphatic heterocycles. The normalized spacial score (nSPS) is 11.0. The lowest BCUT2D eigenvalue weighted by Gasteiger charge is -2.04. The van der Waals surface area contributed by atoms with Gasteiger partial charge in [0.2, 0.25) is 5.91 Å². The van der Waals surface area contributed by atoms with Crippen LogP contribution in [0, 0.1) is 0 Å². The summed E-state index contributed by atoms with van der Waals surface area (Å²) in [6, 6.07) is 0. The maximum Gasteiger partial charge on any atom is 0.252 e. The summed E-state index contributed by atoms with van der Waals surface area (Å²) in [5.74, 6) is -0.879. The molecule has 0 saturated carbocycles. The Morgan fingerprint density at radius 2 is 0.800 bits per heavy atom. The summed E-state index contributed by atoms with van der Waals surface area (Å²) in [4.78, 5) is 22.2. The molecule has 0 atom stereocenters. The van der Waals surface area contributed by atoms with Crippen LogP contribution in [0.2, 0.25) is 0 Å². The van der Waals surface area contributed by atoms with E-state index < -0.39 is 12.5 Å². The Morgan fingerprint density at radius 1 is 0.500 bits per heavy atom. The lowest BCUT2D eigenvalue weighted by Crippen LogP contribution is -2.32. The monoisotopic (exact) mass is 425 g/mol. The van der Waals surface area contributed by atoms with Gasteiger partial charge in [0.25, 0.3) is 5.91 Å². The number of amides is 2. The average Bonchev–Trinajstić information content (AvgIpc) is 2.74. The van der Waals surface area contributed by atoms with Crippen LogP contribution in [0.25, 0.3) is 0 Å². The maximum atomic E-state index is 11.4. The van der Waals surface area contributed by atoms with Gasteiger partial charge in [-0.3, -0.25) is 14.9 Å². The topological polar surface area (TPSA) is 66.4 Å². The lowest BCUT2D eigenvalue weighted by atomic mass is 10.0. The summed E-state index contributed by atoms with van der Waals surface area (Å²) in [5.41, 5.74) is 0. The van der Waals surface area contributed by atoms with Crippen molar-refractivity contribution in [2.75, 3.05) is 6.61 Å². The number of carbonyl (C=O) groups excluding carboxylic acids is 2. The molecule has 0 rings (SSSR count). The first kappa shape index (κ1) is 29.1. The summed E-state index contributed by atoms with van der Waals surface area (Å²) in [5, 5.41) is 10.7. The van der Waals surface area contributed by atoms with Crippen LogP contribution < -0.4 is 5.32 Å². The van der Waals surface area contributed by atoms with E-state index in [-0.39, 0.29) is 5.91 Å². The number of aliphatic hydroxyl groups excluding tert-OH is 1. The minimum atomic E-state index is -0.620. The lowest BCUT2D eigenvalue weighted by molar-refractivity contribution is -0.132. The molecule has 0 aliphatic carbocycles. The van der Waals surface area contributed by atoms with E-state index in [0.717, 1.165) is 12.8 Å². The molecule has 0 fully saturated rings. The van der Waals surface area contributed by atoms with Gasteiger partial charge in [0.05, 0.1) is 0 Å². The summed E-state index contributed by atoms with van der Waals surface area (Å²) >= 11 is 0. The molecule has 0 aromatic heterocycles. The van der Waals surface area contributed by atoms with Gasteiger partial charge >= 0.3 is 0 Å². The molecule has 2 amide bonds. The van der Waals surface area contributed by atoms with Crippen molar-refractivity contribution in [1.82, 2.24) is 5.32 Å². The quantitative estimate of drug-likeness (QED) is 0.170. The van der Waals surface area contributed by atoms with Crippen molar-refractivity contribution < 1.29 is 14.7 Å². The molecule has 0 unspecified atom stereocenters. The Labute approximate surface area is 187 Å². The van der Waals surface area contributed by atoms with Crippen molar-refractivity contribution in [2.45, 2.75) is 148 Å². The fraction of sp³-hybridized carbons (Fsp3) is 0.923. The van der Waals surface area contributed by atoms with Crippen molar-refractivity contribution >= 4 is 11.8 Å². The predicted molar refractivity (Wildman–Crippen MR) is 127 cm³/mol. The largest absolute Gasteiger partial charge is 0.387 e. The second-order valence-electron chi connectivity index (χ2n) is 8.95. The SMILES string of the molecule is CCCCCCCCCCCCCCCCCCCCCCCC(=O)NC(=O)CO.